The van der Waals surface area contributed by atoms with Crippen LogP contribution < -0.4 is 0 Å². The third kappa shape index (κ3) is 6.70. The van der Waals surface area contributed by atoms with Crippen molar-refractivity contribution in [3.05, 3.63) is 0 Å². The van der Waals surface area contributed by atoms with Crippen LogP contribution >= 0.6 is 0 Å². The predicted octanol–water partition coefficient (Wildman–Crippen LogP) is 3.57. The topological polar surface area (TPSA) is 49.9 Å². The molecule has 0 fully saturated rings. The van der Waals surface area contributed by atoms with Gasteiger partial charge in [0.15, 0.2) is 0 Å². The van der Waals surface area contributed by atoms with Gasteiger partial charge < -0.3 is 4.74 Å². The lowest BCUT2D eigenvalue weighted by Gasteiger charge is -2.37. The molecule has 0 N–H and O–H groups in total. The quantitative estimate of drug-likeness (QED) is 0.442. The summed E-state index contributed by atoms with van der Waals surface area (Å²) in [6.07, 6.45) is 0. The normalized spacial score (nSPS) is 14.9. The zero-order valence-corrected chi connectivity index (χ0v) is 18.0. The number of rotatable bonds is 10. The number of esters is 2. The first kappa shape index (κ1) is 24.1. The van der Waals surface area contributed by atoms with Gasteiger partial charge in [-0.05, 0) is 52.6 Å². The second-order valence-corrected chi connectivity index (χ2v) is 7.97. The molecule has 0 spiro atoms. The van der Waals surface area contributed by atoms with Crippen molar-refractivity contribution >= 4 is 11.9 Å². The van der Waals surface area contributed by atoms with Crippen LogP contribution in [0.15, 0.2) is 0 Å². The van der Waals surface area contributed by atoms with E-state index in [-0.39, 0.29) is 23.9 Å². The molecule has 0 amide bonds. The number of ether oxygens (including phenoxy) is 1. The SMILES string of the molecule is CCN(C(C)C)C(C(=O)OC(=O)C(C(C)C)N(CC)C(C)C)C(C)C. The van der Waals surface area contributed by atoms with Crippen molar-refractivity contribution in [2.75, 3.05) is 13.1 Å². The van der Waals surface area contributed by atoms with E-state index in [2.05, 4.69) is 37.5 Å². The van der Waals surface area contributed by atoms with Crippen LogP contribution in [0.3, 0.4) is 0 Å². The Hall–Kier alpha value is -0.940. The van der Waals surface area contributed by atoms with E-state index in [0.717, 1.165) is 13.1 Å². The number of hydrogen-bond donors (Lipinski definition) is 0. The standard InChI is InChI=1S/C20H40N2O3/c1-11-21(15(7)8)17(13(3)4)19(23)25-20(24)18(14(5)6)22(12-2)16(9)10/h13-18H,11-12H2,1-10H3. The van der Waals surface area contributed by atoms with Gasteiger partial charge in [0.1, 0.15) is 12.1 Å². The minimum atomic E-state index is -0.430. The lowest BCUT2D eigenvalue weighted by molar-refractivity contribution is -0.170. The van der Waals surface area contributed by atoms with E-state index < -0.39 is 24.0 Å². The van der Waals surface area contributed by atoms with Crippen LogP contribution in [0.2, 0.25) is 0 Å². The van der Waals surface area contributed by atoms with E-state index in [9.17, 15) is 9.59 Å². The van der Waals surface area contributed by atoms with Gasteiger partial charge in [0.2, 0.25) is 0 Å². The summed E-state index contributed by atoms with van der Waals surface area (Å²) in [5.41, 5.74) is 0. The Balaban J connectivity index is 5.41. The Bertz CT molecular complexity index is 381. The average molecular weight is 357 g/mol. The van der Waals surface area contributed by atoms with Gasteiger partial charge in [-0.15, -0.1) is 0 Å². The Kier molecular flexibility index (Phi) is 10.5. The minimum Gasteiger partial charge on any atom is -0.391 e. The summed E-state index contributed by atoms with van der Waals surface area (Å²) in [4.78, 5) is 29.8. The highest BCUT2D eigenvalue weighted by Gasteiger charge is 2.37. The zero-order valence-electron chi connectivity index (χ0n) is 18.0. The summed E-state index contributed by atoms with van der Waals surface area (Å²) >= 11 is 0. The van der Waals surface area contributed by atoms with Crippen LogP contribution in [-0.4, -0.2) is 59.0 Å². The average Bonchev–Trinajstić information content (AvgIpc) is 2.47. The molecule has 0 aromatic rings. The molecule has 0 aliphatic carbocycles. The highest BCUT2D eigenvalue weighted by Crippen LogP contribution is 2.19. The molecular weight excluding hydrogens is 316 g/mol. The fraction of sp³-hybridized carbons (Fsp3) is 0.900. The van der Waals surface area contributed by atoms with E-state index in [1.807, 2.05) is 41.5 Å². The van der Waals surface area contributed by atoms with Crippen LogP contribution in [0.5, 0.6) is 0 Å². The van der Waals surface area contributed by atoms with E-state index in [1.54, 1.807) is 0 Å². The van der Waals surface area contributed by atoms with Crippen molar-refractivity contribution in [1.82, 2.24) is 9.80 Å². The Morgan fingerprint density at radius 3 is 1.12 bits per heavy atom. The van der Waals surface area contributed by atoms with Gasteiger partial charge in [0.05, 0.1) is 0 Å². The van der Waals surface area contributed by atoms with Crippen molar-refractivity contribution in [3.63, 3.8) is 0 Å². The molecule has 0 radical (unpaired) electrons. The molecule has 0 aromatic carbocycles. The maximum atomic E-state index is 12.8. The van der Waals surface area contributed by atoms with E-state index in [0.29, 0.717) is 0 Å². The number of nitrogens with zero attached hydrogens (tertiary/aromatic N) is 2. The fourth-order valence-electron chi connectivity index (χ4n) is 3.57. The molecule has 0 bridgehead atoms. The second kappa shape index (κ2) is 10.9. The first-order chi connectivity index (χ1) is 11.5. The van der Waals surface area contributed by atoms with Crippen LogP contribution in [0.4, 0.5) is 0 Å². The molecule has 0 aliphatic rings. The lowest BCUT2D eigenvalue weighted by Crippen LogP contribution is -2.53. The molecule has 5 heteroatoms. The molecule has 0 heterocycles. The molecule has 0 rings (SSSR count). The van der Waals surface area contributed by atoms with Gasteiger partial charge in [-0.25, -0.2) is 9.59 Å². The van der Waals surface area contributed by atoms with E-state index in [1.165, 1.54) is 0 Å². The van der Waals surface area contributed by atoms with Crippen LogP contribution in [-0.2, 0) is 14.3 Å². The molecule has 2 atom stereocenters. The van der Waals surface area contributed by atoms with Gasteiger partial charge in [0, 0.05) is 12.1 Å². The number of carbonyl (C=O) groups is 2. The first-order valence-electron chi connectivity index (χ1n) is 9.76. The van der Waals surface area contributed by atoms with Crippen molar-refractivity contribution in [2.24, 2.45) is 11.8 Å². The predicted molar refractivity (Wildman–Crippen MR) is 103 cm³/mol. The highest BCUT2D eigenvalue weighted by atomic mass is 16.6. The number of likely N-dealkylation sites (N-methyl/N-ethyl adjacent to an activating group) is 2. The Labute approximate surface area is 155 Å². The van der Waals surface area contributed by atoms with E-state index >= 15 is 0 Å². The van der Waals surface area contributed by atoms with Crippen LogP contribution in [0, 0.1) is 11.8 Å². The van der Waals surface area contributed by atoms with Crippen molar-refractivity contribution in [2.45, 2.75) is 93.4 Å². The van der Waals surface area contributed by atoms with Crippen molar-refractivity contribution in [1.29, 1.82) is 0 Å². The molecule has 148 valence electrons. The largest absolute Gasteiger partial charge is 0.391 e. The van der Waals surface area contributed by atoms with Crippen LogP contribution in [0.25, 0.3) is 0 Å². The third-order valence-corrected chi connectivity index (χ3v) is 4.72. The number of hydrogen-bond acceptors (Lipinski definition) is 5. The van der Waals surface area contributed by atoms with Gasteiger partial charge in [-0.3, -0.25) is 9.80 Å². The van der Waals surface area contributed by atoms with Crippen LogP contribution in [0.1, 0.15) is 69.2 Å². The molecule has 0 aliphatic heterocycles. The molecule has 5 nitrogen and oxygen atoms in total. The zero-order chi connectivity index (χ0) is 19.9. The first-order valence-corrected chi connectivity index (χ1v) is 9.76. The summed E-state index contributed by atoms with van der Waals surface area (Å²) in [6, 6.07) is -0.390. The van der Waals surface area contributed by atoms with Crippen molar-refractivity contribution in [3.8, 4) is 0 Å². The monoisotopic (exact) mass is 356 g/mol. The Morgan fingerprint density at radius 2 is 0.960 bits per heavy atom. The molecular formula is C20H40N2O3. The summed E-state index contributed by atoms with van der Waals surface area (Å²) in [5.74, 6) is -0.706. The second-order valence-electron chi connectivity index (χ2n) is 7.97. The van der Waals surface area contributed by atoms with E-state index in [4.69, 9.17) is 4.74 Å². The molecule has 2 unspecified atom stereocenters. The molecule has 25 heavy (non-hydrogen) atoms. The summed E-state index contributed by atoms with van der Waals surface area (Å²) < 4.78 is 5.40. The van der Waals surface area contributed by atoms with Gasteiger partial charge >= 0.3 is 11.9 Å². The summed E-state index contributed by atoms with van der Waals surface area (Å²) in [5, 5.41) is 0. The van der Waals surface area contributed by atoms with Gasteiger partial charge in [-0.2, -0.15) is 0 Å². The van der Waals surface area contributed by atoms with Gasteiger partial charge in [0.25, 0.3) is 0 Å². The Morgan fingerprint density at radius 1 is 0.680 bits per heavy atom. The number of carbonyl (C=O) groups excluding carboxylic acids is 2. The molecule has 0 saturated carbocycles. The summed E-state index contributed by atoms with van der Waals surface area (Å²) in [6.45, 7) is 21.7. The van der Waals surface area contributed by atoms with Gasteiger partial charge in [-0.1, -0.05) is 41.5 Å². The lowest BCUT2D eigenvalue weighted by atomic mass is 9.99. The maximum absolute atomic E-state index is 12.8. The third-order valence-electron chi connectivity index (χ3n) is 4.72. The summed E-state index contributed by atoms with van der Waals surface area (Å²) in [7, 11) is 0. The molecule has 0 saturated heterocycles. The fourth-order valence-corrected chi connectivity index (χ4v) is 3.57. The minimum absolute atomic E-state index is 0.0764. The maximum Gasteiger partial charge on any atom is 0.331 e. The smallest absolute Gasteiger partial charge is 0.331 e. The molecule has 0 aromatic heterocycles. The van der Waals surface area contributed by atoms with Crippen molar-refractivity contribution < 1.29 is 14.3 Å². The highest BCUT2D eigenvalue weighted by molar-refractivity contribution is 5.91.